The Labute approximate surface area is 99.9 Å². The Morgan fingerprint density at radius 1 is 1.13 bits per heavy atom. The van der Waals surface area contributed by atoms with Crippen LogP contribution in [0.3, 0.4) is 0 Å². The van der Waals surface area contributed by atoms with E-state index in [0.717, 1.165) is 6.67 Å². The van der Waals surface area contributed by atoms with E-state index >= 15 is 0 Å². The molecule has 1 heterocycles. The molecule has 0 aromatic carbocycles. The highest BCUT2D eigenvalue weighted by atomic mass is 35.5. The molecule has 0 saturated carbocycles. The summed E-state index contributed by atoms with van der Waals surface area (Å²) in [5.41, 5.74) is 0. The molecule has 0 N–H and O–H groups in total. The van der Waals surface area contributed by atoms with Crippen LogP contribution < -0.4 is 0 Å². The third kappa shape index (κ3) is 7.43. The van der Waals surface area contributed by atoms with E-state index in [1.807, 2.05) is 12.3 Å². The number of nitrogens with zero attached hydrogens (tertiary/aromatic N) is 2. The molecule has 0 atom stereocenters. The van der Waals surface area contributed by atoms with Crippen LogP contribution in [-0.4, -0.2) is 24.3 Å². The first-order chi connectivity index (χ1) is 6.93. The van der Waals surface area contributed by atoms with Crippen molar-refractivity contribution in [1.82, 2.24) is 4.90 Å². The molecule has 0 amide bonds. The van der Waals surface area contributed by atoms with Crippen molar-refractivity contribution in [1.29, 1.82) is 0 Å². The molecule has 2 nitrogen and oxygen atoms in total. The predicted octanol–water partition coefficient (Wildman–Crippen LogP) is 3.63. The maximum Gasteiger partial charge on any atom is 0.109 e. The quantitative estimate of drug-likeness (QED) is 0.610. The molecule has 0 spiro atoms. The van der Waals surface area contributed by atoms with Gasteiger partial charge in [-0.05, 0) is 12.5 Å². The maximum atomic E-state index is 4.20. The molecule has 3 heteroatoms. The lowest BCUT2D eigenvalue weighted by Gasteiger charge is -2.19. The van der Waals surface area contributed by atoms with E-state index in [-0.39, 0.29) is 12.4 Å². The van der Waals surface area contributed by atoms with Gasteiger partial charge in [0.25, 0.3) is 0 Å². The minimum Gasteiger partial charge on any atom is -0.358 e. The number of unbranched alkanes of at least 4 members (excludes halogenated alkanes) is 5. The van der Waals surface area contributed by atoms with Crippen molar-refractivity contribution in [3.05, 3.63) is 12.3 Å². The average molecular weight is 231 g/mol. The molecule has 1 rings (SSSR count). The standard InChI is InChI=1S/C12H22N2.ClH/c1-2-3-4-5-6-7-10-14-11-8-9-13-12-14;/h8-9,11H,2-7,10,12H2,1H3;1H. The van der Waals surface area contributed by atoms with Crippen LogP contribution in [0.1, 0.15) is 45.4 Å². The fourth-order valence-electron chi connectivity index (χ4n) is 1.66. The summed E-state index contributed by atoms with van der Waals surface area (Å²) in [6.45, 7) is 4.28. The summed E-state index contributed by atoms with van der Waals surface area (Å²) in [6.07, 6.45) is 14.2. The largest absolute Gasteiger partial charge is 0.358 e. The Morgan fingerprint density at radius 3 is 2.53 bits per heavy atom. The number of hydrogen-bond donors (Lipinski definition) is 0. The van der Waals surface area contributed by atoms with E-state index in [0.29, 0.717) is 0 Å². The van der Waals surface area contributed by atoms with Gasteiger partial charge in [0.05, 0.1) is 0 Å². The zero-order valence-electron chi connectivity index (χ0n) is 9.69. The van der Waals surface area contributed by atoms with Crippen molar-refractivity contribution >= 4 is 18.6 Å². The zero-order chi connectivity index (χ0) is 10.1. The molecule has 0 radical (unpaired) electrons. The number of hydrogen-bond acceptors (Lipinski definition) is 2. The smallest absolute Gasteiger partial charge is 0.109 e. The third-order valence-electron chi connectivity index (χ3n) is 2.55. The average Bonchev–Trinajstić information content (AvgIpc) is 2.25. The van der Waals surface area contributed by atoms with Crippen LogP contribution in [0.4, 0.5) is 0 Å². The summed E-state index contributed by atoms with van der Waals surface area (Å²) in [6, 6.07) is 0. The van der Waals surface area contributed by atoms with Gasteiger partial charge in [-0.2, -0.15) is 0 Å². The topological polar surface area (TPSA) is 15.6 Å². The SMILES string of the molecule is CCCCCCCCN1C=CC=NC1.Cl. The molecule has 0 aromatic rings. The van der Waals surface area contributed by atoms with Gasteiger partial charge in [-0.25, -0.2) is 0 Å². The number of aliphatic imine (C=N–C) groups is 1. The van der Waals surface area contributed by atoms with E-state index in [1.165, 1.54) is 45.1 Å². The normalized spacial score (nSPS) is 14.1. The third-order valence-corrected chi connectivity index (χ3v) is 2.55. The number of allylic oxidation sites excluding steroid dienone is 1. The van der Waals surface area contributed by atoms with Crippen LogP contribution in [0, 0.1) is 0 Å². The van der Waals surface area contributed by atoms with Crippen molar-refractivity contribution in [2.45, 2.75) is 45.4 Å². The highest BCUT2D eigenvalue weighted by molar-refractivity contribution is 5.85. The second-order valence-corrected chi connectivity index (χ2v) is 3.89. The van der Waals surface area contributed by atoms with Gasteiger partial charge >= 0.3 is 0 Å². The van der Waals surface area contributed by atoms with Gasteiger partial charge in [0, 0.05) is 19.0 Å². The fraction of sp³-hybridized carbons (Fsp3) is 0.750. The Balaban J connectivity index is 0.00000196. The van der Waals surface area contributed by atoms with Crippen molar-refractivity contribution in [3.63, 3.8) is 0 Å². The van der Waals surface area contributed by atoms with E-state index in [1.54, 1.807) is 0 Å². The first-order valence-corrected chi connectivity index (χ1v) is 5.84. The van der Waals surface area contributed by atoms with E-state index in [4.69, 9.17) is 0 Å². The lowest BCUT2D eigenvalue weighted by atomic mass is 10.1. The molecule has 15 heavy (non-hydrogen) atoms. The molecule has 0 fully saturated rings. The van der Waals surface area contributed by atoms with E-state index in [2.05, 4.69) is 23.0 Å². The number of rotatable bonds is 7. The molecule has 1 aliphatic heterocycles. The summed E-state index contributed by atoms with van der Waals surface area (Å²) < 4.78 is 0. The summed E-state index contributed by atoms with van der Waals surface area (Å²) >= 11 is 0. The van der Waals surface area contributed by atoms with Crippen molar-refractivity contribution in [2.24, 2.45) is 4.99 Å². The predicted molar refractivity (Wildman–Crippen MR) is 69.8 cm³/mol. The summed E-state index contributed by atoms with van der Waals surface area (Å²) in [4.78, 5) is 6.48. The lowest BCUT2D eigenvalue weighted by Crippen LogP contribution is -2.20. The first kappa shape index (κ1) is 14.5. The molecule has 0 saturated heterocycles. The maximum absolute atomic E-state index is 4.20. The van der Waals surface area contributed by atoms with Gasteiger partial charge in [-0.15, -0.1) is 12.4 Å². The molecular formula is C12H23ClN2. The molecule has 0 aromatic heterocycles. The molecule has 0 bridgehead atoms. The first-order valence-electron chi connectivity index (χ1n) is 5.84. The Bertz CT molecular complexity index is 190. The minimum absolute atomic E-state index is 0. The summed E-state index contributed by atoms with van der Waals surface area (Å²) in [5.74, 6) is 0. The van der Waals surface area contributed by atoms with Gasteiger partial charge in [-0.1, -0.05) is 39.0 Å². The van der Waals surface area contributed by atoms with Gasteiger partial charge in [0.1, 0.15) is 6.67 Å². The lowest BCUT2D eigenvalue weighted by molar-refractivity contribution is 0.370. The Morgan fingerprint density at radius 2 is 1.87 bits per heavy atom. The van der Waals surface area contributed by atoms with Crippen LogP contribution in [0.2, 0.25) is 0 Å². The van der Waals surface area contributed by atoms with E-state index < -0.39 is 0 Å². The van der Waals surface area contributed by atoms with E-state index in [9.17, 15) is 0 Å². The number of halogens is 1. The second-order valence-electron chi connectivity index (χ2n) is 3.89. The summed E-state index contributed by atoms with van der Waals surface area (Å²) in [7, 11) is 0. The molecular weight excluding hydrogens is 208 g/mol. The van der Waals surface area contributed by atoms with Crippen LogP contribution in [0.5, 0.6) is 0 Å². The van der Waals surface area contributed by atoms with Crippen molar-refractivity contribution in [2.75, 3.05) is 13.2 Å². The van der Waals surface area contributed by atoms with Crippen LogP contribution >= 0.6 is 12.4 Å². The Hall–Kier alpha value is -0.500. The zero-order valence-corrected chi connectivity index (χ0v) is 10.5. The van der Waals surface area contributed by atoms with Crippen molar-refractivity contribution < 1.29 is 0 Å². The van der Waals surface area contributed by atoms with Crippen LogP contribution in [0.25, 0.3) is 0 Å². The Kier molecular flexibility index (Phi) is 9.70. The minimum atomic E-state index is 0. The second kappa shape index (κ2) is 10.0. The molecule has 1 aliphatic rings. The van der Waals surface area contributed by atoms with Gasteiger partial charge in [0.2, 0.25) is 0 Å². The highest BCUT2D eigenvalue weighted by Gasteiger charge is 1.99. The van der Waals surface area contributed by atoms with Gasteiger partial charge in [-0.3, -0.25) is 4.99 Å². The monoisotopic (exact) mass is 230 g/mol. The highest BCUT2D eigenvalue weighted by Crippen LogP contribution is 2.06. The molecule has 0 aliphatic carbocycles. The van der Waals surface area contributed by atoms with Gasteiger partial charge < -0.3 is 4.90 Å². The molecule has 88 valence electrons. The fourth-order valence-corrected chi connectivity index (χ4v) is 1.66. The summed E-state index contributed by atoms with van der Waals surface area (Å²) in [5, 5.41) is 0. The van der Waals surface area contributed by atoms with Crippen LogP contribution in [0.15, 0.2) is 17.3 Å². The van der Waals surface area contributed by atoms with Crippen LogP contribution in [-0.2, 0) is 0 Å². The van der Waals surface area contributed by atoms with Crippen molar-refractivity contribution in [3.8, 4) is 0 Å². The molecule has 0 unspecified atom stereocenters. The van der Waals surface area contributed by atoms with Gasteiger partial charge in [0.15, 0.2) is 0 Å².